The lowest BCUT2D eigenvalue weighted by molar-refractivity contribution is -0.148. The molecule has 0 heterocycles. The van der Waals surface area contributed by atoms with Crippen molar-refractivity contribution >= 4 is 5.97 Å². The van der Waals surface area contributed by atoms with Crippen molar-refractivity contribution in [2.75, 3.05) is 0 Å². The summed E-state index contributed by atoms with van der Waals surface area (Å²) in [7, 11) is 0. The molecule has 0 fully saturated rings. The Morgan fingerprint density at radius 1 is 1.27 bits per heavy atom. The van der Waals surface area contributed by atoms with E-state index in [1.165, 1.54) is 12.2 Å². The highest BCUT2D eigenvalue weighted by Crippen LogP contribution is 2.18. The zero-order chi connectivity index (χ0) is 12.1. The van der Waals surface area contributed by atoms with Crippen LogP contribution in [0.15, 0.2) is 12.2 Å². The summed E-state index contributed by atoms with van der Waals surface area (Å²) >= 11 is 0. The number of halogens is 2. The Balaban J connectivity index is 3.84. The summed E-state index contributed by atoms with van der Waals surface area (Å²) in [6, 6.07) is 0. The Kier molecular flexibility index (Phi) is 4.91. The second-order valence-corrected chi connectivity index (χ2v) is 4.54. The van der Waals surface area contributed by atoms with E-state index in [0.717, 1.165) is 6.92 Å². The third-order valence-corrected chi connectivity index (χ3v) is 1.41. The van der Waals surface area contributed by atoms with Crippen molar-refractivity contribution in [1.82, 2.24) is 0 Å². The van der Waals surface area contributed by atoms with Gasteiger partial charge in [0.2, 0.25) is 5.92 Å². The number of rotatable bonds is 4. The Hall–Kier alpha value is -0.930. The third kappa shape index (κ3) is 11.0. The number of alkyl halides is 2. The van der Waals surface area contributed by atoms with Crippen LogP contribution in [-0.2, 0) is 9.53 Å². The van der Waals surface area contributed by atoms with Crippen LogP contribution in [-0.4, -0.2) is 17.5 Å². The molecule has 0 aromatic carbocycles. The van der Waals surface area contributed by atoms with Crippen LogP contribution in [0.25, 0.3) is 0 Å². The van der Waals surface area contributed by atoms with E-state index in [0.29, 0.717) is 0 Å². The van der Waals surface area contributed by atoms with Gasteiger partial charge in [-0.15, -0.1) is 0 Å². The highest BCUT2D eigenvalue weighted by molar-refractivity contribution is 5.82. The summed E-state index contributed by atoms with van der Waals surface area (Å²) in [5.74, 6) is -3.18. The smallest absolute Gasteiger partial charge is 0.330 e. The minimum Gasteiger partial charge on any atom is -0.457 e. The maximum atomic E-state index is 12.4. The fourth-order valence-corrected chi connectivity index (χ4v) is 0.852. The van der Waals surface area contributed by atoms with Gasteiger partial charge in [-0.25, -0.2) is 13.6 Å². The van der Waals surface area contributed by atoms with Gasteiger partial charge in [-0.3, -0.25) is 0 Å². The van der Waals surface area contributed by atoms with Crippen LogP contribution in [0.4, 0.5) is 8.78 Å². The second kappa shape index (κ2) is 5.24. The number of ether oxygens (including phenoxy) is 1. The van der Waals surface area contributed by atoms with Crippen LogP contribution in [0.2, 0.25) is 0 Å². The number of hydrogen-bond donors (Lipinski definition) is 0. The topological polar surface area (TPSA) is 26.3 Å². The number of esters is 1. The van der Waals surface area contributed by atoms with Gasteiger partial charge in [-0.05, 0) is 34.1 Å². The molecule has 0 spiro atoms. The summed E-state index contributed by atoms with van der Waals surface area (Å²) in [5, 5.41) is 0. The first-order chi connectivity index (χ1) is 6.60. The summed E-state index contributed by atoms with van der Waals surface area (Å²) in [5.41, 5.74) is -0.546. The van der Waals surface area contributed by atoms with Crippen molar-refractivity contribution in [3.63, 3.8) is 0 Å². The van der Waals surface area contributed by atoms with Crippen LogP contribution < -0.4 is 0 Å². The van der Waals surface area contributed by atoms with E-state index in [1.807, 2.05) is 0 Å². The van der Waals surface area contributed by atoms with Crippen molar-refractivity contribution in [3.8, 4) is 0 Å². The van der Waals surface area contributed by atoms with Crippen LogP contribution in [0.1, 0.15) is 40.5 Å². The minimum absolute atomic E-state index is 0.169. The number of hydrogen-bond acceptors (Lipinski definition) is 2. The molecule has 0 rings (SSSR count). The lowest BCUT2D eigenvalue weighted by Crippen LogP contribution is -2.22. The van der Waals surface area contributed by atoms with Gasteiger partial charge in [0.1, 0.15) is 5.60 Å². The first-order valence-corrected chi connectivity index (χ1v) is 4.87. The maximum absolute atomic E-state index is 12.4. The van der Waals surface area contributed by atoms with Crippen molar-refractivity contribution in [1.29, 1.82) is 0 Å². The molecule has 0 radical (unpaired) electrons. The molecule has 0 amide bonds. The van der Waals surface area contributed by atoms with Crippen LogP contribution >= 0.6 is 0 Å². The molecule has 2 nitrogen and oxygen atoms in total. The first kappa shape index (κ1) is 14.1. The summed E-state index contributed by atoms with van der Waals surface area (Å²) in [4.78, 5) is 11.1. The minimum atomic E-state index is -2.68. The van der Waals surface area contributed by atoms with Crippen molar-refractivity contribution in [2.45, 2.75) is 52.1 Å². The van der Waals surface area contributed by atoms with Gasteiger partial charge >= 0.3 is 5.97 Å². The van der Waals surface area contributed by atoms with E-state index in [-0.39, 0.29) is 12.8 Å². The van der Waals surface area contributed by atoms with E-state index >= 15 is 0 Å². The second-order valence-electron chi connectivity index (χ2n) is 4.54. The SMILES string of the molecule is CC(F)(F)CC/C=C/C(=O)OC(C)(C)C. The van der Waals surface area contributed by atoms with E-state index in [2.05, 4.69) is 0 Å². The standard InChI is InChI=1S/C11H18F2O2/c1-10(2,3)15-9(14)7-5-6-8-11(4,12)13/h5,7H,6,8H2,1-4H3/b7-5+. The lowest BCUT2D eigenvalue weighted by Gasteiger charge is -2.17. The third-order valence-electron chi connectivity index (χ3n) is 1.41. The Labute approximate surface area is 89.3 Å². The molecular formula is C11H18F2O2. The van der Waals surface area contributed by atoms with Gasteiger partial charge in [0.25, 0.3) is 0 Å². The predicted octanol–water partition coefficient (Wildman–Crippen LogP) is 3.32. The number of carbonyl (C=O) groups is 1. The first-order valence-electron chi connectivity index (χ1n) is 4.87. The van der Waals surface area contributed by atoms with E-state index in [4.69, 9.17) is 4.74 Å². The fourth-order valence-electron chi connectivity index (χ4n) is 0.852. The number of allylic oxidation sites excluding steroid dienone is 1. The fraction of sp³-hybridized carbons (Fsp3) is 0.727. The zero-order valence-corrected chi connectivity index (χ0v) is 9.64. The molecule has 0 bridgehead atoms. The Morgan fingerprint density at radius 3 is 2.20 bits per heavy atom. The van der Waals surface area contributed by atoms with Gasteiger partial charge in [0, 0.05) is 12.5 Å². The average Bonchev–Trinajstić information content (AvgIpc) is 1.92. The molecule has 0 aliphatic rings. The molecular weight excluding hydrogens is 202 g/mol. The average molecular weight is 220 g/mol. The molecule has 0 aliphatic carbocycles. The zero-order valence-electron chi connectivity index (χ0n) is 9.64. The van der Waals surface area contributed by atoms with E-state index < -0.39 is 17.5 Å². The lowest BCUT2D eigenvalue weighted by atomic mass is 10.2. The highest BCUT2D eigenvalue weighted by atomic mass is 19.3. The quantitative estimate of drug-likeness (QED) is 0.536. The van der Waals surface area contributed by atoms with Gasteiger partial charge < -0.3 is 4.74 Å². The van der Waals surface area contributed by atoms with Crippen molar-refractivity contribution in [2.24, 2.45) is 0 Å². The van der Waals surface area contributed by atoms with Crippen LogP contribution in [0.5, 0.6) is 0 Å². The van der Waals surface area contributed by atoms with Crippen LogP contribution in [0, 0.1) is 0 Å². The Morgan fingerprint density at radius 2 is 1.80 bits per heavy atom. The predicted molar refractivity (Wildman–Crippen MR) is 54.8 cm³/mol. The van der Waals surface area contributed by atoms with Gasteiger partial charge in [-0.1, -0.05) is 6.08 Å². The Bertz CT molecular complexity index is 234. The molecule has 0 N–H and O–H groups in total. The largest absolute Gasteiger partial charge is 0.457 e. The van der Waals surface area contributed by atoms with E-state index in [9.17, 15) is 13.6 Å². The molecule has 0 aromatic rings. The van der Waals surface area contributed by atoms with Gasteiger partial charge in [0.15, 0.2) is 0 Å². The molecule has 0 unspecified atom stereocenters. The molecule has 0 saturated heterocycles. The van der Waals surface area contributed by atoms with Crippen molar-refractivity contribution in [3.05, 3.63) is 12.2 Å². The van der Waals surface area contributed by atoms with E-state index in [1.54, 1.807) is 20.8 Å². The number of carbonyl (C=O) groups excluding carboxylic acids is 1. The molecule has 0 saturated carbocycles. The van der Waals surface area contributed by atoms with Gasteiger partial charge in [-0.2, -0.15) is 0 Å². The van der Waals surface area contributed by atoms with Gasteiger partial charge in [0.05, 0.1) is 0 Å². The molecule has 0 aliphatic heterocycles. The molecule has 0 aromatic heterocycles. The normalized spacial score (nSPS) is 13.2. The maximum Gasteiger partial charge on any atom is 0.330 e. The highest BCUT2D eigenvalue weighted by Gasteiger charge is 2.19. The van der Waals surface area contributed by atoms with Crippen molar-refractivity contribution < 1.29 is 18.3 Å². The van der Waals surface area contributed by atoms with Crippen LogP contribution in [0.3, 0.4) is 0 Å². The molecule has 4 heteroatoms. The molecule has 15 heavy (non-hydrogen) atoms. The summed E-state index contributed by atoms with van der Waals surface area (Å²) in [6.07, 6.45) is 2.51. The monoisotopic (exact) mass is 220 g/mol. The molecule has 0 atom stereocenters. The summed E-state index contributed by atoms with van der Waals surface area (Å²) < 4.78 is 29.7. The molecule has 88 valence electrons. The summed E-state index contributed by atoms with van der Waals surface area (Å²) in [6.45, 7) is 6.10.